The van der Waals surface area contributed by atoms with Gasteiger partial charge < -0.3 is 24.5 Å². The summed E-state index contributed by atoms with van der Waals surface area (Å²) in [4.78, 5) is 29.9. The number of halogens is 1. The molecule has 3 heterocycles. The zero-order valence-corrected chi connectivity index (χ0v) is 17.1. The number of nitrogens with zero attached hydrogens (tertiary/aromatic N) is 2. The van der Waals surface area contributed by atoms with Gasteiger partial charge in [0, 0.05) is 24.8 Å². The standard InChI is InChI=1S/C22H22FN3O5/c1-3-12-8-18(21(28)30-2)25-17-10-19(31-20(12)17)15-5-4-13(9-16(15)23)24-22(29)26-7-6-14(27)11-26/h4-5,8-10,14,27H,3,6-7,11H2,1-2H3,(H,24,29). The highest BCUT2D eigenvalue weighted by Crippen LogP contribution is 2.32. The van der Waals surface area contributed by atoms with E-state index in [9.17, 15) is 19.1 Å². The van der Waals surface area contributed by atoms with E-state index >= 15 is 0 Å². The Hall–Kier alpha value is -3.46. The van der Waals surface area contributed by atoms with Crippen LogP contribution in [0.4, 0.5) is 14.9 Å². The first-order valence-corrected chi connectivity index (χ1v) is 9.95. The number of urea groups is 1. The van der Waals surface area contributed by atoms with Crippen LogP contribution in [0, 0.1) is 5.82 Å². The molecule has 2 aromatic heterocycles. The predicted molar refractivity (Wildman–Crippen MR) is 111 cm³/mol. The average Bonchev–Trinajstić information content (AvgIpc) is 3.38. The summed E-state index contributed by atoms with van der Waals surface area (Å²) in [6.45, 7) is 2.62. The molecule has 31 heavy (non-hydrogen) atoms. The van der Waals surface area contributed by atoms with Gasteiger partial charge in [0.2, 0.25) is 0 Å². The molecule has 4 rings (SSSR count). The van der Waals surface area contributed by atoms with Crippen molar-refractivity contribution in [1.29, 1.82) is 0 Å². The first-order chi connectivity index (χ1) is 14.9. The Balaban J connectivity index is 1.62. The van der Waals surface area contributed by atoms with Crippen LogP contribution >= 0.6 is 0 Å². The number of methoxy groups -OCH3 is 1. The van der Waals surface area contributed by atoms with Crippen LogP contribution in [0.3, 0.4) is 0 Å². The molecule has 2 amide bonds. The van der Waals surface area contributed by atoms with Gasteiger partial charge in [0.05, 0.1) is 18.8 Å². The number of esters is 1. The second-order valence-corrected chi connectivity index (χ2v) is 7.35. The third-order valence-corrected chi connectivity index (χ3v) is 5.27. The smallest absolute Gasteiger partial charge is 0.356 e. The Bertz CT molecular complexity index is 1160. The van der Waals surface area contributed by atoms with E-state index < -0.39 is 17.9 Å². The maximum absolute atomic E-state index is 14.8. The number of furan rings is 1. The molecule has 0 saturated carbocycles. The minimum atomic E-state index is -0.579. The molecule has 1 aliphatic rings. The molecular weight excluding hydrogens is 405 g/mol. The molecule has 1 aliphatic heterocycles. The number of amides is 2. The highest BCUT2D eigenvalue weighted by Gasteiger charge is 2.25. The Kier molecular flexibility index (Phi) is 5.60. The number of aryl methyl sites for hydroxylation is 1. The molecule has 0 aliphatic carbocycles. The summed E-state index contributed by atoms with van der Waals surface area (Å²) < 4.78 is 25.4. The van der Waals surface area contributed by atoms with Crippen molar-refractivity contribution >= 4 is 28.8 Å². The van der Waals surface area contributed by atoms with E-state index in [0.29, 0.717) is 36.2 Å². The van der Waals surface area contributed by atoms with Crippen LogP contribution in [0.1, 0.15) is 29.4 Å². The molecule has 1 atom stereocenters. The number of pyridine rings is 1. The van der Waals surface area contributed by atoms with E-state index in [0.717, 1.165) is 5.56 Å². The van der Waals surface area contributed by atoms with E-state index in [1.165, 1.54) is 24.1 Å². The first kappa shape index (κ1) is 20.8. The van der Waals surface area contributed by atoms with Crippen LogP contribution in [0.25, 0.3) is 22.4 Å². The quantitative estimate of drug-likeness (QED) is 0.617. The first-order valence-electron chi connectivity index (χ1n) is 9.95. The number of aromatic nitrogens is 1. The summed E-state index contributed by atoms with van der Waals surface area (Å²) in [6.07, 6.45) is 0.589. The lowest BCUT2D eigenvalue weighted by Crippen LogP contribution is -2.33. The number of aliphatic hydroxyl groups excluding tert-OH is 1. The van der Waals surface area contributed by atoms with Crippen LogP contribution in [0.15, 0.2) is 34.7 Å². The van der Waals surface area contributed by atoms with Crippen molar-refractivity contribution in [2.24, 2.45) is 0 Å². The minimum Gasteiger partial charge on any atom is -0.464 e. The fraction of sp³-hybridized carbons (Fsp3) is 0.318. The highest BCUT2D eigenvalue weighted by molar-refractivity contribution is 5.92. The van der Waals surface area contributed by atoms with E-state index in [1.807, 2.05) is 6.92 Å². The topological polar surface area (TPSA) is 105 Å². The number of nitrogens with one attached hydrogen (secondary N) is 1. The van der Waals surface area contributed by atoms with E-state index in [-0.39, 0.29) is 29.6 Å². The van der Waals surface area contributed by atoms with Crippen molar-refractivity contribution in [2.75, 3.05) is 25.5 Å². The second kappa shape index (κ2) is 8.35. The summed E-state index contributed by atoms with van der Waals surface area (Å²) in [6, 6.07) is 7.08. The summed E-state index contributed by atoms with van der Waals surface area (Å²) >= 11 is 0. The molecule has 1 saturated heterocycles. The second-order valence-electron chi connectivity index (χ2n) is 7.35. The molecular formula is C22H22FN3O5. The monoisotopic (exact) mass is 427 g/mol. The number of anilines is 1. The molecule has 1 unspecified atom stereocenters. The minimum absolute atomic E-state index is 0.157. The molecule has 0 radical (unpaired) electrons. The fourth-order valence-corrected chi connectivity index (χ4v) is 3.61. The molecule has 3 aromatic rings. The zero-order chi connectivity index (χ0) is 22.1. The Morgan fingerprint density at radius 1 is 1.35 bits per heavy atom. The lowest BCUT2D eigenvalue weighted by Gasteiger charge is -2.16. The number of rotatable bonds is 4. The maximum atomic E-state index is 14.8. The Morgan fingerprint density at radius 2 is 2.16 bits per heavy atom. The number of benzene rings is 1. The summed E-state index contributed by atoms with van der Waals surface area (Å²) in [5, 5.41) is 12.2. The molecule has 0 spiro atoms. The maximum Gasteiger partial charge on any atom is 0.356 e. The summed E-state index contributed by atoms with van der Waals surface area (Å²) in [5.41, 5.74) is 2.32. The lowest BCUT2D eigenvalue weighted by molar-refractivity contribution is 0.0594. The Labute approximate surface area is 177 Å². The van der Waals surface area contributed by atoms with Crippen molar-refractivity contribution in [3.63, 3.8) is 0 Å². The van der Waals surface area contributed by atoms with Crippen LogP contribution in [0.5, 0.6) is 0 Å². The molecule has 8 nitrogen and oxygen atoms in total. The molecule has 1 fully saturated rings. The molecule has 162 valence electrons. The van der Waals surface area contributed by atoms with Crippen LogP contribution in [-0.4, -0.2) is 53.3 Å². The number of ether oxygens (including phenoxy) is 1. The number of carbonyl (C=O) groups is 2. The van der Waals surface area contributed by atoms with Gasteiger partial charge in [-0.3, -0.25) is 0 Å². The summed E-state index contributed by atoms with van der Waals surface area (Å²) in [7, 11) is 1.28. The number of hydrogen-bond donors (Lipinski definition) is 2. The van der Waals surface area contributed by atoms with E-state index in [1.54, 1.807) is 18.2 Å². The van der Waals surface area contributed by atoms with Crippen molar-refractivity contribution in [3.8, 4) is 11.3 Å². The van der Waals surface area contributed by atoms with Gasteiger partial charge in [-0.2, -0.15) is 0 Å². The van der Waals surface area contributed by atoms with Gasteiger partial charge in [0.1, 0.15) is 22.8 Å². The van der Waals surface area contributed by atoms with Gasteiger partial charge in [-0.25, -0.2) is 19.0 Å². The van der Waals surface area contributed by atoms with Gasteiger partial charge in [-0.1, -0.05) is 6.92 Å². The normalized spacial score (nSPS) is 16.0. The molecule has 2 N–H and O–H groups in total. The van der Waals surface area contributed by atoms with Gasteiger partial charge in [-0.15, -0.1) is 0 Å². The number of likely N-dealkylation sites (tertiary alicyclic amines) is 1. The van der Waals surface area contributed by atoms with Crippen LogP contribution in [0.2, 0.25) is 0 Å². The number of aliphatic hydroxyl groups is 1. The van der Waals surface area contributed by atoms with Gasteiger partial charge in [0.25, 0.3) is 0 Å². The van der Waals surface area contributed by atoms with Gasteiger partial charge in [-0.05, 0) is 42.7 Å². The Morgan fingerprint density at radius 3 is 2.81 bits per heavy atom. The van der Waals surface area contributed by atoms with Gasteiger partial charge >= 0.3 is 12.0 Å². The predicted octanol–water partition coefficient (Wildman–Crippen LogP) is 3.58. The average molecular weight is 427 g/mol. The van der Waals surface area contributed by atoms with Crippen LogP contribution in [-0.2, 0) is 11.2 Å². The third kappa shape index (κ3) is 4.09. The summed E-state index contributed by atoms with van der Waals surface area (Å²) in [5.74, 6) is -0.877. The van der Waals surface area contributed by atoms with Crippen molar-refractivity contribution in [1.82, 2.24) is 9.88 Å². The van der Waals surface area contributed by atoms with Crippen LogP contribution < -0.4 is 5.32 Å². The lowest BCUT2D eigenvalue weighted by atomic mass is 10.1. The highest BCUT2D eigenvalue weighted by atomic mass is 19.1. The molecule has 1 aromatic carbocycles. The fourth-order valence-electron chi connectivity index (χ4n) is 3.61. The molecule has 0 bridgehead atoms. The van der Waals surface area contributed by atoms with Crippen molar-refractivity contribution in [2.45, 2.75) is 25.9 Å². The van der Waals surface area contributed by atoms with E-state index in [2.05, 4.69) is 10.3 Å². The zero-order valence-electron chi connectivity index (χ0n) is 17.1. The number of fused-ring (bicyclic) bond motifs is 1. The number of hydrogen-bond acceptors (Lipinski definition) is 6. The SMILES string of the molecule is CCc1cc(C(=O)OC)nc2cc(-c3ccc(NC(=O)N4CCC(O)C4)cc3F)oc12. The third-order valence-electron chi connectivity index (χ3n) is 5.27. The number of β-amino-alcohol motifs (C(OH)–C–C–N with tert-alkyl or cyclic N) is 1. The van der Waals surface area contributed by atoms with Crippen molar-refractivity contribution in [3.05, 3.63) is 47.4 Å². The van der Waals surface area contributed by atoms with E-state index in [4.69, 9.17) is 9.15 Å². The van der Waals surface area contributed by atoms with Gasteiger partial charge in [0.15, 0.2) is 5.58 Å². The largest absolute Gasteiger partial charge is 0.464 e. The van der Waals surface area contributed by atoms with Crippen molar-refractivity contribution < 1.29 is 28.2 Å². The molecule has 9 heteroatoms. The number of carbonyl (C=O) groups excluding carboxylic acids is 2.